The van der Waals surface area contributed by atoms with Crippen LogP contribution in [-0.2, 0) is 11.0 Å². The van der Waals surface area contributed by atoms with E-state index in [1.807, 2.05) is 0 Å². The lowest BCUT2D eigenvalue weighted by Gasteiger charge is -2.36. The summed E-state index contributed by atoms with van der Waals surface area (Å²) < 4.78 is 38.5. The normalized spacial score (nSPS) is 16.3. The van der Waals surface area contributed by atoms with Gasteiger partial charge in [-0.2, -0.15) is 13.2 Å². The molecule has 3 N–H and O–H groups in total. The van der Waals surface area contributed by atoms with Crippen LogP contribution in [0.2, 0.25) is 0 Å². The Morgan fingerprint density at radius 3 is 2.39 bits per heavy atom. The van der Waals surface area contributed by atoms with Crippen molar-refractivity contribution in [2.75, 3.05) is 13.1 Å². The molecular weight excluding hydrogens is 313 g/mol. The molecule has 0 spiro atoms. The van der Waals surface area contributed by atoms with Crippen LogP contribution in [0.3, 0.4) is 0 Å². The lowest BCUT2D eigenvalue weighted by atomic mass is 9.80. The van der Waals surface area contributed by atoms with Crippen LogP contribution >= 0.6 is 0 Å². The minimum absolute atomic E-state index is 0.0703. The number of alkyl halides is 3. The van der Waals surface area contributed by atoms with Crippen LogP contribution in [0, 0.1) is 0 Å². The smallest absolute Gasteiger partial charge is 0.388 e. The first-order valence-electron chi connectivity index (χ1n) is 7.15. The maximum atomic E-state index is 12.8. The average molecular weight is 330 g/mol. The summed E-state index contributed by atoms with van der Waals surface area (Å²) in [4.78, 5) is 23.4. The predicted octanol–water partition coefficient (Wildman–Crippen LogP) is 1.47. The SMILES string of the molecule is O=C(CNC(=O)c1ccccc1C(F)(F)F)NCC1(O)CCC1. The van der Waals surface area contributed by atoms with Gasteiger partial charge in [0.05, 0.1) is 23.3 Å². The molecule has 23 heavy (non-hydrogen) atoms. The molecule has 1 aliphatic carbocycles. The molecule has 0 heterocycles. The van der Waals surface area contributed by atoms with Crippen LogP contribution in [0.15, 0.2) is 24.3 Å². The van der Waals surface area contributed by atoms with E-state index in [4.69, 9.17) is 0 Å². The Balaban J connectivity index is 1.89. The highest BCUT2D eigenvalue weighted by Gasteiger charge is 2.35. The van der Waals surface area contributed by atoms with Crippen LogP contribution in [0.4, 0.5) is 13.2 Å². The Bertz CT molecular complexity index is 598. The summed E-state index contributed by atoms with van der Waals surface area (Å²) in [6.45, 7) is -0.387. The van der Waals surface area contributed by atoms with Gasteiger partial charge >= 0.3 is 6.18 Å². The minimum Gasteiger partial charge on any atom is -0.388 e. The number of carbonyl (C=O) groups is 2. The molecule has 0 aromatic heterocycles. The molecule has 0 radical (unpaired) electrons. The van der Waals surface area contributed by atoms with E-state index in [2.05, 4.69) is 10.6 Å². The molecule has 0 atom stereocenters. The average Bonchev–Trinajstić information content (AvgIpc) is 2.47. The highest BCUT2D eigenvalue weighted by atomic mass is 19.4. The lowest BCUT2D eigenvalue weighted by molar-refractivity contribution is -0.137. The van der Waals surface area contributed by atoms with Crippen molar-refractivity contribution in [2.24, 2.45) is 0 Å². The monoisotopic (exact) mass is 330 g/mol. The third kappa shape index (κ3) is 4.44. The topological polar surface area (TPSA) is 78.4 Å². The van der Waals surface area contributed by atoms with Crippen molar-refractivity contribution < 1.29 is 27.9 Å². The van der Waals surface area contributed by atoms with Crippen molar-refractivity contribution in [3.05, 3.63) is 35.4 Å². The van der Waals surface area contributed by atoms with Crippen molar-refractivity contribution >= 4 is 11.8 Å². The van der Waals surface area contributed by atoms with Gasteiger partial charge in [0.1, 0.15) is 0 Å². The van der Waals surface area contributed by atoms with Gasteiger partial charge in [-0.25, -0.2) is 0 Å². The first-order chi connectivity index (χ1) is 10.7. The van der Waals surface area contributed by atoms with Crippen LogP contribution in [0.25, 0.3) is 0 Å². The van der Waals surface area contributed by atoms with Gasteiger partial charge in [-0.05, 0) is 31.4 Å². The molecule has 0 unspecified atom stereocenters. The van der Waals surface area contributed by atoms with E-state index < -0.39 is 41.3 Å². The van der Waals surface area contributed by atoms with E-state index >= 15 is 0 Å². The number of aliphatic hydroxyl groups is 1. The number of carbonyl (C=O) groups excluding carboxylic acids is 2. The van der Waals surface area contributed by atoms with Crippen LogP contribution < -0.4 is 10.6 Å². The van der Waals surface area contributed by atoms with E-state index in [9.17, 15) is 27.9 Å². The Morgan fingerprint density at radius 2 is 1.83 bits per heavy atom. The molecule has 1 aromatic rings. The number of halogens is 3. The van der Waals surface area contributed by atoms with Gasteiger partial charge in [-0.15, -0.1) is 0 Å². The van der Waals surface area contributed by atoms with Gasteiger partial charge < -0.3 is 15.7 Å². The fourth-order valence-electron chi connectivity index (χ4n) is 2.27. The number of hydrogen-bond donors (Lipinski definition) is 3. The van der Waals surface area contributed by atoms with Crippen molar-refractivity contribution in [3.63, 3.8) is 0 Å². The Labute approximate surface area is 130 Å². The zero-order valence-electron chi connectivity index (χ0n) is 12.2. The number of nitrogens with one attached hydrogen (secondary N) is 2. The number of amides is 2. The lowest BCUT2D eigenvalue weighted by Crippen LogP contribution is -2.49. The molecule has 0 saturated heterocycles. The van der Waals surface area contributed by atoms with Crippen LogP contribution in [-0.4, -0.2) is 35.6 Å². The summed E-state index contributed by atoms with van der Waals surface area (Å²) in [6, 6.07) is 4.36. The van der Waals surface area contributed by atoms with Crippen molar-refractivity contribution in [3.8, 4) is 0 Å². The molecule has 1 fully saturated rings. The summed E-state index contributed by atoms with van der Waals surface area (Å²) in [5.41, 5.74) is -2.49. The third-order valence-corrected chi connectivity index (χ3v) is 3.79. The van der Waals surface area contributed by atoms with Gasteiger partial charge in [-0.1, -0.05) is 12.1 Å². The number of hydrogen-bond acceptors (Lipinski definition) is 3. The molecule has 2 rings (SSSR count). The van der Waals surface area contributed by atoms with E-state index in [1.165, 1.54) is 12.1 Å². The van der Waals surface area contributed by atoms with Crippen LogP contribution in [0.5, 0.6) is 0 Å². The molecule has 0 bridgehead atoms. The predicted molar refractivity (Wildman–Crippen MR) is 75.6 cm³/mol. The minimum atomic E-state index is -4.65. The summed E-state index contributed by atoms with van der Waals surface area (Å²) in [5, 5.41) is 14.4. The van der Waals surface area contributed by atoms with Gasteiger partial charge in [0.15, 0.2) is 0 Å². The van der Waals surface area contributed by atoms with Crippen molar-refractivity contribution in [2.45, 2.75) is 31.0 Å². The fraction of sp³-hybridized carbons (Fsp3) is 0.467. The number of rotatable bonds is 5. The van der Waals surface area contributed by atoms with Gasteiger partial charge in [-0.3, -0.25) is 9.59 Å². The summed E-state index contributed by atoms with van der Waals surface area (Å²) >= 11 is 0. The molecule has 2 amide bonds. The summed E-state index contributed by atoms with van der Waals surface area (Å²) in [7, 11) is 0. The maximum Gasteiger partial charge on any atom is 0.417 e. The quantitative estimate of drug-likeness (QED) is 0.765. The van der Waals surface area contributed by atoms with Crippen LogP contribution in [0.1, 0.15) is 35.2 Å². The van der Waals surface area contributed by atoms with E-state index in [0.29, 0.717) is 12.8 Å². The highest BCUT2D eigenvalue weighted by Crippen LogP contribution is 2.32. The first kappa shape index (κ1) is 17.3. The molecule has 126 valence electrons. The molecule has 1 aromatic carbocycles. The first-order valence-corrected chi connectivity index (χ1v) is 7.15. The van der Waals surface area contributed by atoms with E-state index in [-0.39, 0.29) is 6.54 Å². The van der Waals surface area contributed by atoms with Gasteiger partial charge in [0.25, 0.3) is 5.91 Å². The van der Waals surface area contributed by atoms with E-state index in [0.717, 1.165) is 18.6 Å². The Hall–Kier alpha value is -2.09. The molecule has 1 aliphatic rings. The summed E-state index contributed by atoms with van der Waals surface area (Å²) in [5.74, 6) is -1.54. The zero-order chi connectivity index (χ0) is 17.1. The van der Waals surface area contributed by atoms with Crippen molar-refractivity contribution in [1.82, 2.24) is 10.6 Å². The molecule has 1 saturated carbocycles. The standard InChI is InChI=1S/C15H17F3N2O3/c16-15(17,18)11-5-2-1-4-10(11)13(22)19-8-12(21)20-9-14(23)6-3-7-14/h1-2,4-5,23H,3,6-9H2,(H,19,22)(H,20,21). The van der Waals surface area contributed by atoms with Crippen molar-refractivity contribution in [1.29, 1.82) is 0 Å². The summed E-state index contributed by atoms with van der Waals surface area (Å²) in [6.07, 6.45) is -2.57. The zero-order valence-corrected chi connectivity index (χ0v) is 12.2. The Kier molecular flexibility index (Phi) is 4.93. The van der Waals surface area contributed by atoms with Gasteiger partial charge in [0.2, 0.25) is 5.91 Å². The second-order valence-corrected chi connectivity index (χ2v) is 5.58. The molecule has 8 heteroatoms. The second kappa shape index (κ2) is 6.57. The number of benzene rings is 1. The highest BCUT2D eigenvalue weighted by molar-refractivity contribution is 5.97. The fourth-order valence-corrected chi connectivity index (χ4v) is 2.27. The molecule has 5 nitrogen and oxygen atoms in total. The molecule has 0 aliphatic heterocycles. The molecular formula is C15H17F3N2O3. The second-order valence-electron chi connectivity index (χ2n) is 5.58. The Morgan fingerprint density at radius 1 is 1.17 bits per heavy atom. The third-order valence-electron chi connectivity index (χ3n) is 3.79. The largest absolute Gasteiger partial charge is 0.417 e. The van der Waals surface area contributed by atoms with E-state index in [1.54, 1.807) is 0 Å². The van der Waals surface area contributed by atoms with Gasteiger partial charge in [0, 0.05) is 6.54 Å². The maximum absolute atomic E-state index is 12.8.